The summed E-state index contributed by atoms with van der Waals surface area (Å²) < 4.78 is 44.5. The molecule has 0 atom stereocenters. The number of alkyl halides is 3. The maximum Gasteiger partial charge on any atom is 0.416 e. The fraction of sp³-hybridized carbons (Fsp3) is 0.714. The number of carbonyl (C=O) groups excluding carboxylic acids is 2. The summed E-state index contributed by atoms with van der Waals surface area (Å²) in [6.45, 7) is 2.50. The number of anilines is 1. The van der Waals surface area contributed by atoms with Gasteiger partial charge < -0.3 is 19.9 Å². The van der Waals surface area contributed by atoms with Crippen molar-refractivity contribution in [2.75, 3.05) is 31.1 Å². The van der Waals surface area contributed by atoms with Gasteiger partial charge >= 0.3 is 12.3 Å². The molecule has 2 amide bonds. The Morgan fingerprint density at radius 3 is 2.24 bits per heavy atom. The molecule has 1 aromatic rings. The van der Waals surface area contributed by atoms with E-state index in [0.29, 0.717) is 51.0 Å². The Labute approximate surface area is 216 Å². The number of nitrogens with one attached hydrogen (secondary N) is 1. The zero-order valence-corrected chi connectivity index (χ0v) is 21.4. The lowest BCUT2D eigenvalue weighted by atomic mass is 9.81. The zero-order chi connectivity index (χ0) is 26.0. The van der Waals surface area contributed by atoms with E-state index < -0.39 is 17.3 Å². The van der Waals surface area contributed by atoms with Crippen LogP contribution < -0.4 is 10.2 Å². The molecule has 0 aromatic heterocycles. The smallest absolute Gasteiger partial charge is 0.416 e. The lowest BCUT2D eigenvalue weighted by Gasteiger charge is -2.38. The Hall–Kier alpha value is -2.45. The highest BCUT2D eigenvalue weighted by Crippen LogP contribution is 2.38. The topological polar surface area (TPSA) is 61.9 Å². The standard InChI is InChI=1S/C28H38F3N3O3/c29-28(30,31)22-10-12-24(13-11-22)33-16-14-27(15-17-33)19-34(26(36)37-27)18-20-6-8-21(9-7-20)25(35)32-23-4-2-1-3-5-23/h10-13,20-21,23H,1-9,14-19H2,(H,32,35)/t20-,21-. The Kier molecular flexibility index (Phi) is 7.59. The van der Waals surface area contributed by atoms with Crippen molar-refractivity contribution in [2.45, 2.75) is 88.4 Å². The molecule has 0 radical (unpaired) electrons. The van der Waals surface area contributed by atoms with Gasteiger partial charge in [0.1, 0.15) is 5.60 Å². The number of rotatable bonds is 5. The molecule has 1 spiro atoms. The monoisotopic (exact) mass is 521 g/mol. The third kappa shape index (κ3) is 6.17. The Morgan fingerprint density at radius 2 is 1.62 bits per heavy atom. The largest absolute Gasteiger partial charge is 0.441 e. The van der Waals surface area contributed by atoms with Gasteiger partial charge in [-0.15, -0.1) is 0 Å². The van der Waals surface area contributed by atoms with E-state index in [0.717, 1.165) is 56.3 Å². The van der Waals surface area contributed by atoms with Gasteiger partial charge in [-0.05, 0) is 68.7 Å². The van der Waals surface area contributed by atoms with E-state index in [9.17, 15) is 22.8 Å². The van der Waals surface area contributed by atoms with Crippen LogP contribution in [0.1, 0.15) is 76.2 Å². The predicted molar refractivity (Wildman–Crippen MR) is 134 cm³/mol. The molecule has 2 saturated carbocycles. The molecule has 0 unspecified atom stereocenters. The summed E-state index contributed by atoms with van der Waals surface area (Å²) in [5.41, 5.74) is -0.409. The Morgan fingerprint density at radius 1 is 0.973 bits per heavy atom. The van der Waals surface area contributed by atoms with E-state index in [1.165, 1.54) is 31.4 Å². The maximum absolute atomic E-state index is 12.9. The van der Waals surface area contributed by atoms with Gasteiger partial charge in [0.05, 0.1) is 12.1 Å². The first kappa shape index (κ1) is 26.2. The molecule has 1 N–H and O–H groups in total. The number of hydrogen-bond acceptors (Lipinski definition) is 4. The number of ether oxygens (including phenoxy) is 1. The Balaban J connectivity index is 1.07. The van der Waals surface area contributed by atoms with E-state index in [2.05, 4.69) is 10.2 Å². The van der Waals surface area contributed by atoms with Crippen LogP contribution in [0.4, 0.5) is 23.7 Å². The van der Waals surface area contributed by atoms with Crippen LogP contribution in [0.3, 0.4) is 0 Å². The molecule has 2 aliphatic carbocycles. The summed E-state index contributed by atoms with van der Waals surface area (Å²) in [4.78, 5) is 29.3. The molecular weight excluding hydrogens is 483 g/mol. The third-order valence-corrected chi connectivity index (χ3v) is 8.92. The first-order valence-electron chi connectivity index (χ1n) is 13.9. The minimum Gasteiger partial charge on any atom is -0.441 e. The van der Waals surface area contributed by atoms with Crippen LogP contribution in [-0.2, 0) is 15.7 Å². The average molecular weight is 522 g/mol. The molecule has 204 valence electrons. The van der Waals surface area contributed by atoms with Crippen molar-refractivity contribution < 1.29 is 27.5 Å². The molecular formula is C28H38F3N3O3. The van der Waals surface area contributed by atoms with Crippen LogP contribution in [0, 0.1) is 11.8 Å². The normalized spacial score (nSPS) is 26.8. The molecule has 4 aliphatic rings. The second kappa shape index (κ2) is 10.7. The summed E-state index contributed by atoms with van der Waals surface area (Å²) in [7, 11) is 0. The van der Waals surface area contributed by atoms with Crippen LogP contribution in [0.2, 0.25) is 0 Å². The van der Waals surface area contributed by atoms with Gasteiger partial charge in [0.15, 0.2) is 0 Å². The highest BCUT2D eigenvalue weighted by atomic mass is 19.4. The van der Waals surface area contributed by atoms with E-state index in [1.54, 1.807) is 0 Å². The molecule has 2 heterocycles. The summed E-state index contributed by atoms with van der Waals surface area (Å²) in [5.74, 6) is 0.683. The number of nitrogens with zero attached hydrogens (tertiary/aromatic N) is 2. The number of piperidine rings is 1. The molecule has 5 rings (SSSR count). The summed E-state index contributed by atoms with van der Waals surface area (Å²) in [5, 5.41) is 3.27. The van der Waals surface area contributed by atoms with Crippen molar-refractivity contribution in [1.29, 1.82) is 0 Å². The van der Waals surface area contributed by atoms with Gasteiger partial charge in [0, 0.05) is 50.1 Å². The predicted octanol–water partition coefficient (Wildman–Crippen LogP) is 5.75. The number of halogens is 3. The van der Waals surface area contributed by atoms with Crippen LogP contribution in [0.5, 0.6) is 0 Å². The minimum absolute atomic E-state index is 0.0876. The molecule has 6 nitrogen and oxygen atoms in total. The highest BCUT2D eigenvalue weighted by molar-refractivity contribution is 5.79. The van der Waals surface area contributed by atoms with Crippen molar-refractivity contribution in [3.8, 4) is 0 Å². The van der Waals surface area contributed by atoms with Gasteiger partial charge in [-0.1, -0.05) is 19.3 Å². The lowest BCUT2D eigenvalue weighted by molar-refractivity contribution is -0.137. The molecule has 4 fully saturated rings. The third-order valence-electron chi connectivity index (χ3n) is 8.92. The first-order chi connectivity index (χ1) is 17.7. The summed E-state index contributed by atoms with van der Waals surface area (Å²) in [6, 6.07) is 5.61. The molecule has 2 aliphatic heterocycles. The quantitative estimate of drug-likeness (QED) is 0.536. The van der Waals surface area contributed by atoms with Crippen LogP contribution in [0.25, 0.3) is 0 Å². The van der Waals surface area contributed by atoms with Crippen LogP contribution in [-0.4, -0.2) is 54.7 Å². The average Bonchev–Trinajstić information content (AvgIpc) is 3.19. The van der Waals surface area contributed by atoms with E-state index in [1.807, 2.05) is 4.90 Å². The SMILES string of the molecule is O=C1OC2(CCN(c3ccc(C(F)(F)F)cc3)CC2)CN1C[C@H]1CC[C@H](C(=O)NC2CCCCC2)CC1. The van der Waals surface area contributed by atoms with Gasteiger partial charge in [0.25, 0.3) is 0 Å². The molecule has 1 aromatic carbocycles. The number of amides is 2. The number of carbonyl (C=O) groups is 2. The van der Waals surface area contributed by atoms with E-state index in [-0.39, 0.29) is 17.9 Å². The van der Waals surface area contributed by atoms with Crippen molar-refractivity contribution in [3.05, 3.63) is 29.8 Å². The van der Waals surface area contributed by atoms with Crippen molar-refractivity contribution in [1.82, 2.24) is 10.2 Å². The molecule has 2 saturated heterocycles. The molecule has 0 bridgehead atoms. The van der Waals surface area contributed by atoms with E-state index in [4.69, 9.17) is 4.74 Å². The molecule has 37 heavy (non-hydrogen) atoms. The van der Waals surface area contributed by atoms with Gasteiger partial charge in [-0.2, -0.15) is 13.2 Å². The fourth-order valence-electron chi connectivity index (χ4n) is 6.61. The van der Waals surface area contributed by atoms with Crippen molar-refractivity contribution in [2.24, 2.45) is 11.8 Å². The highest BCUT2D eigenvalue weighted by Gasteiger charge is 2.47. The zero-order valence-electron chi connectivity index (χ0n) is 21.4. The van der Waals surface area contributed by atoms with Gasteiger partial charge in [0.2, 0.25) is 5.91 Å². The van der Waals surface area contributed by atoms with Crippen LogP contribution in [0.15, 0.2) is 24.3 Å². The number of benzene rings is 1. The second-order valence-electron chi connectivity index (χ2n) is 11.5. The molecule has 9 heteroatoms. The number of hydrogen-bond donors (Lipinski definition) is 1. The van der Waals surface area contributed by atoms with E-state index >= 15 is 0 Å². The van der Waals surface area contributed by atoms with Crippen molar-refractivity contribution >= 4 is 17.7 Å². The lowest BCUT2D eigenvalue weighted by Crippen LogP contribution is -2.47. The maximum atomic E-state index is 12.9. The summed E-state index contributed by atoms with van der Waals surface area (Å²) in [6.07, 6.45) is 6.23. The summed E-state index contributed by atoms with van der Waals surface area (Å²) >= 11 is 0. The fourth-order valence-corrected chi connectivity index (χ4v) is 6.61. The second-order valence-corrected chi connectivity index (χ2v) is 11.5. The van der Waals surface area contributed by atoms with Crippen LogP contribution >= 0.6 is 0 Å². The van der Waals surface area contributed by atoms with Gasteiger partial charge in [-0.25, -0.2) is 4.79 Å². The van der Waals surface area contributed by atoms with Gasteiger partial charge in [-0.3, -0.25) is 4.79 Å². The minimum atomic E-state index is -4.34. The van der Waals surface area contributed by atoms with Crippen molar-refractivity contribution in [3.63, 3.8) is 0 Å². The first-order valence-corrected chi connectivity index (χ1v) is 13.9. The Bertz CT molecular complexity index is 946.